The lowest BCUT2D eigenvalue weighted by Crippen LogP contribution is -2.06. The number of benzene rings is 1. The first kappa shape index (κ1) is 12.8. The minimum absolute atomic E-state index is 0.0603. The van der Waals surface area contributed by atoms with E-state index >= 15 is 0 Å². The van der Waals surface area contributed by atoms with Gasteiger partial charge in [0.25, 0.3) is 0 Å². The van der Waals surface area contributed by atoms with Crippen LogP contribution in [0.3, 0.4) is 0 Å². The standard InChI is InChI=1S/C10H11Cl2N3O/c1-15(2)6-14-13-5-7-3-8(11)4-9(12)10(7)16/h3-6,16H,1-2H3/b13-5+,14-6+. The van der Waals surface area contributed by atoms with Gasteiger partial charge in [0.1, 0.15) is 12.1 Å². The summed E-state index contributed by atoms with van der Waals surface area (Å²) in [7, 11) is 3.65. The second-order valence-electron chi connectivity index (χ2n) is 3.26. The molecular formula is C10H11Cl2N3O. The summed E-state index contributed by atoms with van der Waals surface area (Å²) in [5, 5.41) is 17.7. The number of halogens is 2. The molecule has 0 spiro atoms. The SMILES string of the molecule is CN(C)/C=N/N=C/c1cc(Cl)cc(Cl)c1O. The van der Waals surface area contributed by atoms with Gasteiger partial charge in [0, 0.05) is 24.7 Å². The number of phenolic OH excluding ortho intramolecular Hbond substituents is 1. The molecule has 0 aliphatic rings. The van der Waals surface area contributed by atoms with Gasteiger partial charge in [-0.15, -0.1) is 5.10 Å². The Bertz CT molecular complexity index is 430. The number of phenols is 1. The number of aromatic hydroxyl groups is 1. The molecule has 0 fully saturated rings. The molecule has 0 saturated heterocycles. The van der Waals surface area contributed by atoms with E-state index in [1.165, 1.54) is 18.6 Å². The van der Waals surface area contributed by atoms with E-state index in [2.05, 4.69) is 10.2 Å². The van der Waals surface area contributed by atoms with Crippen molar-refractivity contribution in [3.05, 3.63) is 27.7 Å². The smallest absolute Gasteiger partial charge is 0.143 e. The number of hydrogen-bond donors (Lipinski definition) is 1. The number of rotatable bonds is 3. The third kappa shape index (κ3) is 3.72. The summed E-state index contributed by atoms with van der Waals surface area (Å²) in [5.74, 6) is -0.0603. The van der Waals surface area contributed by atoms with Crippen molar-refractivity contribution in [2.45, 2.75) is 0 Å². The molecule has 86 valence electrons. The molecule has 1 aromatic carbocycles. The Morgan fingerprint density at radius 2 is 1.94 bits per heavy atom. The molecule has 6 heteroatoms. The van der Waals surface area contributed by atoms with Crippen molar-refractivity contribution >= 4 is 35.8 Å². The van der Waals surface area contributed by atoms with Crippen molar-refractivity contribution < 1.29 is 5.11 Å². The van der Waals surface area contributed by atoms with Gasteiger partial charge in [-0.05, 0) is 12.1 Å². The van der Waals surface area contributed by atoms with Crippen molar-refractivity contribution in [1.82, 2.24) is 4.90 Å². The fourth-order valence-electron chi connectivity index (χ4n) is 0.913. The molecule has 0 amide bonds. The second-order valence-corrected chi connectivity index (χ2v) is 4.11. The van der Waals surface area contributed by atoms with Crippen LogP contribution < -0.4 is 0 Å². The van der Waals surface area contributed by atoms with Gasteiger partial charge in [0.2, 0.25) is 0 Å². The van der Waals surface area contributed by atoms with Gasteiger partial charge in [0.15, 0.2) is 0 Å². The van der Waals surface area contributed by atoms with Crippen LogP contribution in [0.4, 0.5) is 0 Å². The molecule has 0 bridgehead atoms. The van der Waals surface area contributed by atoms with Gasteiger partial charge in [0.05, 0.1) is 11.2 Å². The summed E-state index contributed by atoms with van der Waals surface area (Å²) in [6.07, 6.45) is 2.91. The summed E-state index contributed by atoms with van der Waals surface area (Å²) in [4.78, 5) is 1.74. The lowest BCUT2D eigenvalue weighted by atomic mass is 10.2. The highest BCUT2D eigenvalue weighted by molar-refractivity contribution is 6.36. The maximum atomic E-state index is 9.59. The maximum Gasteiger partial charge on any atom is 0.143 e. The zero-order valence-corrected chi connectivity index (χ0v) is 10.4. The van der Waals surface area contributed by atoms with Gasteiger partial charge >= 0.3 is 0 Å². The van der Waals surface area contributed by atoms with Crippen molar-refractivity contribution in [3.8, 4) is 5.75 Å². The van der Waals surface area contributed by atoms with E-state index < -0.39 is 0 Å². The molecule has 0 unspecified atom stereocenters. The Hall–Kier alpha value is -1.26. The van der Waals surface area contributed by atoms with Crippen molar-refractivity contribution in [3.63, 3.8) is 0 Å². The Morgan fingerprint density at radius 1 is 1.25 bits per heavy atom. The van der Waals surface area contributed by atoms with E-state index in [-0.39, 0.29) is 10.8 Å². The molecular weight excluding hydrogens is 249 g/mol. The van der Waals surface area contributed by atoms with E-state index in [0.717, 1.165) is 0 Å². The minimum Gasteiger partial charge on any atom is -0.506 e. The van der Waals surface area contributed by atoms with E-state index in [9.17, 15) is 5.11 Å². The molecule has 0 saturated carbocycles. The van der Waals surface area contributed by atoms with Gasteiger partial charge in [-0.3, -0.25) is 0 Å². The predicted molar refractivity (Wildman–Crippen MR) is 67.9 cm³/mol. The molecule has 0 heterocycles. The fourth-order valence-corrected chi connectivity index (χ4v) is 1.42. The molecule has 0 atom stereocenters. The highest BCUT2D eigenvalue weighted by atomic mass is 35.5. The third-order valence-corrected chi connectivity index (χ3v) is 2.11. The van der Waals surface area contributed by atoms with Crippen LogP contribution in [-0.4, -0.2) is 36.7 Å². The Morgan fingerprint density at radius 3 is 2.56 bits per heavy atom. The van der Waals surface area contributed by atoms with Crippen LogP contribution in [-0.2, 0) is 0 Å². The molecule has 0 aliphatic heterocycles. The topological polar surface area (TPSA) is 48.2 Å². The van der Waals surface area contributed by atoms with Crippen LogP contribution in [0.2, 0.25) is 10.0 Å². The van der Waals surface area contributed by atoms with Gasteiger partial charge in [-0.1, -0.05) is 23.2 Å². The molecule has 0 aromatic heterocycles. The monoisotopic (exact) mass is 259 g/mol. The predicted octanol–water partition coefficient (Wildman–Crippen LogP) is 2.62. The summed E-state index contributed by atoms with van der Waals surface area (Å²) in [6.45, 7) is 0. The normalized spacial score (nSPS) is 11.5. The largest absolute Gasteiger partial charge is 0.506 e. The number of nitrogens with zero attached hydrogens (tertiary/aromatic N) is 3. The van der Waals surface area contributed by atoms with Gasteiger partial charge < -0.3 is 10.0 Å². The van der Waals surface area contributed by atoms with Crippen LogP contribution in [0.5, 0.6) is 5.75 Å². The highest BCUT2D eigenvalue weighted by Gasteiger charge is 2.05. The van der Waals surface area contributed by atoms with Crippen LogP contribution in [0.1, 0.15) is 5.56 Å². The average molecular weight is 260 g/mol. The van der Waals surface area contributed by atoms with Gasteiger partial charge in [-0.25, -0.2) is 0 Å². The minimum atomic E-state index is -0.0603. The first-order valence-electron chi connectivity index (χ1n) is 4.41. The zero-order valence-electron chi connectivity index (χ0n) is 8.85. The summed E-state index contributed by atoms with van der Waals surface area (Å²) < 4.78 is 0. The summed E-state index contributed by atoms with van der Waals surface area (Å²) >= 11 is 11.5. The highest BCUT2D eigenvalue weighted by Crippen LogP contribution is 2.29. The lowest BCUT2D eigenvalue weighted by molar-refractivity contribution is 0.474. The van der Waals surface area contributed by atoms with E-state index in [4.69, 9.17) is 23.2 Å². The lowest BCUT2D eigenvalue weighted by Gasteiger charge is -2.01. The van der Waals surface area contributed by atoms with E-state index in [0.29, 0.717) is 10.6 Å². The quantitative estimate of drug-likeness (QED) is 0.516. The van der Waals surface area contributed by atoms with Gasteiger partial charge in [-0.2, -0.15) is 5.10 Å². The molecule has 1 N–H and O–H groups in total. The Balaban J connectivity index is 2.89. The van der Waals surface area contributed by atoms with Crippen LogP contribution >= 0.6 is 23.2 Å². The summed E-state index contributed by atoms with van der Waals surface area (Å²) in [5.41, 5.74) is 0.424. The molecule has 1 rings (SSSR count). The average Bonchev–Trinajstić information content (AvgIpc) is 2.19. The number of hydrogen-bond acceptors (Lipinski definition) is 3. The maximum absolute atomic E-state index is 9.59. The zero-order chi connectivity index (χ0) is 12.1. The molecule has 4 nitrogen and oxygen atoms in total. The van der Waals surface area contributed by atoms with Crippen molar-refractivity contribution in [1.29, 1.82) is 0 Å². The summed E-state index contributed by atoms with van der Waals surface area (Å²) in [6, 6.07) is 3.01. The molecule has 1 aromatic rings. The molecule has 0 radical (unpaired) electrons. The first-order valence-corrected chi connectivity index (χ1v) is 5.17. The Labute approximate surface area is 104 Å². The van der Waals surface area contributed by atoms with E-state index in [1.54, 1.807) is 11.0 Å². The third-order valence-electron chi connectivity index (χ3n) is 1.60. The van der Waals surface area contributed by atoms with Crippen LogP contribution in [0.25, 0.3) is 0 Å². The first-order chi connectivity index (χ1) is 7.50. The van der Waals surface area contributed by atoms with Crippen molar-refractivity contribution in [2.24, 2.45) is 10.2 Å². The molecule has 16 heavy (non-hydrogen) atoms. The molecule has 0 aliphatic carbocycles. The van der Waals surface area contributed by atoms with Crippen molar-refractivity contribution in [2.75, 3.05) is 14.1 Å². The van der Waals surface area contributed by atoms with E-state index in [1.807, 2.05) is 14.1 Å². The van der Waals surface area contributed by atoms with Crippen LogP contribution in [0.15, 0.2) is 22.3 Å². The van der Waals surface area contributed by atoms with Crippen LogP contribution in [0, 0.1) is 0 Å². The second kappa shape index (κ2) is 5.72. The Kier molecular flexibility index (Phi) is 4.58. The fraction of sp³-hybridized carbons (Fsp3) is 0.200.